The van der Waals surface area contributed by atoms with Crippen LogP contribution in [0.25, 0.3) is 34.7 Å². The Balaban J connectivity index is 2.30. The van der Waals surface area contributed by atoms with E-state index in [-0.39, 0.29) is 0 Å². The summed E-state index contributed by atoms with van der Waals surface area (Å²) in [6.45, 7) is 3.99. The Morgan fingerprint density at radius 1 is 1.11 bits per heavy atom. The number of nitrogens with one attached hydrogen (secondary N) is 2. The Kier molecular flexibility index (Phi) is 2.48. The summed E-state index contributed by atoms with van der Waals surface area (Å²) >= 11 is 0. The highest BCUT2D eigenvalue weighted by Gasteiger charge is 2.09. The highest BCUT2D eigenvalue weighted by molar-refractivity contribution is 5.78. The Bertz CT molecular complexity index is 775. The van der Waals surface area contributed by atoms with Gasteiger partial charge in [-0.2, -0.15) is 5.10 Å². The minimum Gasteiger partial charge on any atom is -0.337 e. The van der Waals surface area contributed by atoms with Gasteiger partial charge in [-0.05, 0) is 26.0 Å². The summed E-state index contributed by atoms with van der Waals surface area (Å²) in [5.41, 5.74) is 2.85. The average molecular weight is 238 g/mol. The predicted molar refractivity (Wildman–Crippen MR) is 73.2 cm³/mol. The van der Waals surface area contributed by atoms with E-state index in [0.29, 0.717) is 0 Å². The first-order chi connectivity index (χ1) is 8.83. The normalized spacial score (nSPS) is 13.7. The topological polar surface area (TPSA) is 57.4 Å². The molecule has 0 fully saturated rings. The van der Waals surface area contributed by atoms with Gasteiger partial charge in [-0.25, -0.2) is 4.98 Å². The molecule has 2 heterocycles. The lowest BCUT2D eigenvalue weighted by Gasteiger charge is -1.87. The molecule has 0 saturated carbocycles. The van der Waals surface area contributed by atoms with Gasteiger partial charge in [0.05, 0.1) is 16.4 Å². The van der Waals surface area contributed by atoms with E-state index in [9.17, 15) is 0 Å². The van der Waals surface area contributed by atoms with Gasteiger partial charge in [0.25, 0.3) is 0 Å². The first kappa shape index (κ1) is 10.8. The van der Waals surface area contributed by atoms with Crippen LogP contribution in [0, 0.1) is 0 Å². The van der Waals surface area contributed by atoms with Crippen LogP contribution in [0.5, 0.6) is 0 Å². The molecule has 3 rings (SSSR count). The second-order valence-corrected chi connectivity index (χ2v) is 4.08. The van der Waals surface area contributed by atoms with Gasteiger partial charge in [0.1, 0.15) is 5.69 Å². The Morgan fingerprint density at radius 3 is 2.67 bits per heavy atom. The summed E-state index contributed by atoms with van der Waals surface area (Å²) in [6, 6.07) is 7.98. The van der Waals surface area contributed by atoms with Crippen molar-refractivity contribution in [3.8, 4) is 11.5 Å². The second kappa shape index (κ2) is 4.14. The average Bonchev–Trinajstić information content (AvgIpc) is 3.00. The van der Waals surface area contributed by atoms with Gasteiger partial charge >= 0.3 is 0 Å². The van der Waals surface area contributed by atoms with Crippen molar-refractivity contribution < 1.29 is 0 Å². The fourth-order valence-corrected chi connectivity index (χ4v) is 2.12. The molecule has 90 valence electrons. The SMILES string of the molecule is C/C=c1/c(-c2nc3ccccc3[nH]2)n[nH]/c1=C/C. The lowest BCUT2D eigenvalue weighted by Crippen LogP contribution is -2.23. The maximum absolute atomic E-state index is 4.57. The summed E-state index contributed by atoms with van der Waals surface area (Å²) in [5.74, 6) is 0.800. The predicted octanol–water partition coefficient (Wildman–Crippen LogP) is 1.55. The van der Waals surface area contributed by atoms with E-state index in [1.165, 1.54) is 0 Å². The quantitative estimate of drug-likeness (QED) is 0.676. The Labute approximate surface area is 104 Å². The van der Waals surface area contributed by atoms with Crippen molar-refractivity contribution in [2.45, 2.75) is 13.8 Å². The molecule has 2 aromatic heterocycles. The van der Waals surface area contributed by atoms with Crippen LogP contribution in [0.3, 0.4) is 0 Å². The van der Waals surface area contributed by atoms with Gasteiger partial charge in [-0.3, -0.25) is 5.10 Å². The van der Waals surface area contributed by atoms with Crippen LogP contribution in [0.15, 0.2) is 24.3 Å². The molecule has 0 aliphatic carbocycles. The van der Waals surface area contributed by atoms with Crippen LogP contribution in [-0.2, 0) is 0 Å². The highest BCUT2D eigenvalue weighted by Crippen LogP contribution is 2.15. The van der Waals surface area contributed by atoms with Crippen molar-refractivity contribution in [1.82, 2.24) is 20.2 Å². The largest absolute Gasteiger partial charge is 0.337 e. The second-order valence-electron chi connectivity index (χ2n) is 4.08. The standard InChI is InChI=1S/C14H14N4/c1-3-9-10(4-2)17-18-13(9)14-15-11-7-5-6-8-12(11)16-14/h3-8,17H,1-2H3,(H,15,16)/b9-3+,10-4+. The van der Waals surface area contributed by atoms with E-state index < -0.39 is 0 Å². The third-order valence-corrected chi connectivity index (χ3v) is 3.02. The molecule has 0 radical (unpaired) electrons. The van der Waals surface area contributed by atoms with Crippen molar-refractivity contribution in [1.29, 1.82) is 0 Å². The zero-order valence-corrected chi connectivity index (χ0v) is 10.4. The first-order valence-corrected chi connectivity index (χ1v) is 5.95. The first-order valence-electron chi connectivity index (χ1n) is 5.95. The molecule has 3 aromatic rings. The molecular weight excluding hydrogens is 224 g/mol. The number of aromatic nitrogens is 4. The van der Waals surface area contributed by atoms with E-state index in [1.54, 1.807) is 0 Å². The number of fused-ring (bicyclic) bond motifs is 1. The number of hydrogen-bond acceptors (Lipinski definition) is 2. The zero-order chi connectivity index (χ0) is 12.5. The minimum absolute atomic E-state index is 0.800. The zero-order valence-electron chi connectivity index (χ0n) is 10.4. The van der Waals surface area contributed by atoms with E-state index in [2.05, 4.69) is 20.2 Å². The number of imidazole rings is 1. The van der Waals surface area contributed by atoms with Crippen LogP contribution in [-0.4, -0.2) is 20.2 Å². The molecule has 0 amide bonds. The monoisotopic (exact) mass is 238 g/mol. The maximum atomic E-state index is 4.57. The van der Waals surface area contributed by atoms with Crippen molar-refractivity contribution >= 4 is 23.2 Å². The molecule has 1 aromatic carbocycles. The molecule has 0 atom stereocenters. The molecule has 18 heavy (non-hydrogen) atoms. The lowest BCUT2D eigenvalue weighted by molar-refractivity contribution is 1.05. The van der Waals surface area contributed by atoms with Crippen LogP contribution >= 0.6 is 0 Å². The third kappa shape index (κ3) is 1.54. The molecule has 2 N–H and O–H groups in total. The summed E-state index contributed by atoms with van der Waals surface area (Å²) in [5, 5.41) is 9.46. The van der Waals surface area contributed by atoms with Gasteiger partial charge in [0.15, 0.2) is 5.82 Å². The number of nitrogens with zero attached hydrogens (tertiary/aromatic N) is 2. The number of rotatable bonds is 1. The number of hydrogen-bond donors (Lipinski definition) is 2. The number of aromatic amines is 2. The van der Waals surface area contributed by atoms with Gasteiger partial charge in [0, 0.05) is 5.22 Å². The van der Waals surface area contributed by atoms with E-state index in [4.69, 9.17) is 0 Å². The summed E-state index contributed by atoms with van der Waals surface area (Å²) in [6.07, 6.45) is 4.05. The van der Waals surface area contributed by atoms with Crippen molar-refractivity contribution in [2.75, 3.05) is 0 Å². The molecule has 4 heteroatoms. The van der Waals surface area contributed by atoms with E-state index >= 15 is 0 Å². The third-order valence-electron chi connectivity index (χ3n) is 3.02. The molecule has 4 nitrogen and oxygen atoms in total. The Hall–Kier alpha value is -2.36. The summed E-state index contributed by atoms with van der Waals surface area (Å²) in [7, 11) is 0. The molecule has 0 unspecified atom stereocenters. The molecular formula is C14H14N4. The minimum atomic E-state index is 0.800. The summed E-state index contributed by atoms with van der Waals surface area (Å²) < 4.78 is 0. The fourth-order valence-electron chi connectivity index (χ4n) is 2.12. The van der Waals surface area contributed by atoms with Crippen LogP contribution < -0.4 is 10.6 Å². The van der Waals surface area contributed by atoms with Gasteiger partial charge < -0.3 is 4.98 Å². The van der Waals surface area contributed by atoms with Gasteiger partial charge in [-0.1, -0.05) is 24.3 Å². The van der Waals surface area contributed by atoms with E-state index in [0.717, 1.165) is 33.1 Å². The molecule has 0 spiro atoms. The number of benzene rings is 1. The Morgan fingerprint density at radius 2 is 1.94 bits per heavy atom. The van der Waals surface area contributed by atoms with E-state index in [1.807, 2.05) is 50.3 Å². The number of para-hydroxylation sites is 2. The summed E-state index contributed by atoms with van der Waals surface area (Å²) in [4.78, 5) is 7.86. The van der Waals surface area contributed by atoms with Crippen molar-refractivity contribution in [3.05, 3.63) is 34.8 Å². The van der Waals surface area contributed by atoms with Crippen molar-refractivity contribution in [2.24, 2.45) is 0 Å². The fraction of sp³-hybridized carbons (Fsp3) is 0.143. The van der Waals surface area contributed by atoms with Gasteiger partial charge in [0.2, 0.25) is 0 Å². The number of H-pyrrole nitrogens is 2. The van der Waals surface area contributed by atoms with Crippen LogP contribution in [0.1, 0.15) is 13.8 Å². The van der Waals surface area contributed by atoms with Gasteiger partial charge in [-0.15, -0.1) is 0 Å². The smallest absolute Gasteiger partial charge is 0.159 e. The lowest BCUT2D eigenvalue weighted by atomic mass is 10.3. The maximum Gasteiger partial charge on any atom is 0.159 e. The van der Waals surface area contributed by atoms with Crippen LogP contribution in [0.4, 0.5) is 0 Å². The highest BCUT2D eigenvalue weighted by atomic mass is 15.1. The molecule has 0 saturated heterocycles. The molecule has 0 aliphatic rings. The molecule has 0 aliphatic heterocycles. The van der Waals surface area contributed by atoms with Crippen LogP contribution in [0.2, 0.25) is 0 Å². The molecule has 0 bridgehead atoms. The van der Waals surface area contributed by atoms with Crippen molar-refractivity contribution in [3.63, 3.8) is 0 Å².